The summed E-state index contributed by atoms with van der Waals surface area (Å²) >= 11 is 0. The third-order valence-electron chi connectivity index (χ3n) is 4.91. The van der Waals surface area contributed by atoms with Gasteiger partial charge in [0.1, 0.15) is 6.04 Å². The zero-order valence-corrected chi connectivity index (χ0v) is 14.3. The van der Waals surface area contributed by atoms with Crippen molar-refractivity contribution < 1.29 is 10.1 Å². The fourth-order valence-electron chi connectivity index (χ4n) is 3.51. The van der Waals surface area contributed by atoms with Crippen molar-refractivity contribution in [2.75, 3.05) is 0 Å². The van der Waals surface area contributed by atoms with Crippen molar-refractivity contribution in [1.29, 1.82) is 0 Å². The summed E-state index contributed by atoms with van der Waals surface area (Å²) in [6.07, 6.45) is 4.72. The highest BCUT2D eigenvalue weighted by Crippen LogP contribution is 2.19. The van der Waals surface area contributed by atoms with E-state index in [0.717, 1.165) is 12.8 Å². The second kappa shape index (κ2) is 8.11. The molecule has 3 heteroatoms. The van der Waals surface area contributed by atoms with Gasteiger partial charge in [0.15, 0.2) is 6.04 Å². The average Bonchev–Trinajstić information content (AvgIpc) is 3.14. The molecule has 0 heterocycles. The number of rotatable bonds is 6. The number of quaternary nitrogens is 1. The van der Waals surface area contributed by atoms with Crippen molar-refractivity contribution in [3.05, 3.63) is 71.8 Å². The van der Waals surface area contributed by atoms with Crippen LogP contribution in [0.3, 0.4) is 0 Å². The predicted molar refractivity (Wildman–Crippen MR) is 96.5 cm³/mol. The normalized spacial score (nSPS) is 16.2. The zero-order valence-electron chi connectivity index (χ0n) is 14.3. The number of carbonyl (C=O) groups is 1. The Bertz CT molecular complexity index is 596. The van der Waals surface area contributed by atoms with Gasteiger partial charge in [-0.3, -0.25) is 4.79 Å². The Labute approximate surface area is 144 Å². The molecule has 1 saturated carbocycles. The van der Waals surface area contributed by atoms with Crippen LogP contribution in [-0.4, -0.2) is 18.0 Å². The SMILES string of the molecule is C[C@@H]([NH2+]C(c1ccccc1)c1ccccc1)C(=O)NC1CCCC1. The van der Waals surface area contributed by atoms with E-state index in [4.69, 9.17) is 0 Å². The number of nitrogens with two attached hydrogens (primary N) is 1. The van der Waals surface area contributed by atoms with Gasteiger partial charge in [-0.1, -0.05) is 73.5 Å². The molecule has 0 saturated heterocycles. The van der Waals surface area contributed by atoms with Crippen molar-refractivity contribution in [3.8, 4) is 0 Å². The molecule has 3 rings (SSSR count). The van der Waals surface area contributed by atoms with Crippen molar-refractivity contribution in [3.63, 3.8) is 0 Å². The fourth-order valence-corrected chi connectivity index (χ4v) is 3.51. The molecule has 1 aliphatic carbocycles. The molecule has 3 N–H and O–H groups in total. The van der Waals surface area contributed by atoms with Gasteiger partial charge in [-0.05, 0) is 19.8 Å². The van der Waals surface area contributed by atoms with Crippen LogP contribution < -0.4 is 10.6 Å². The molecule has 0 spiro atoms. The number of hydrogen-bond donors (Lipinski definition) is 2. The van der Waals surface area contributed by atoms with Crippen molar-refractivity contribution in [2.24, 2.45) is 0 Å². The summed E-state index contributed by atoms with van der Waals surface area (Å²) in [5, 5.41) is 5.39. The molecular weight excluding hydrogens is 296 g/mol. The molecular formula is C21H27N2O+. The second-order valence-electron chi connectivity index (χ2n) is 6.77. The minimum Gasteiger partial charge on any atom is -0.348 e. The summed E-state index contributed by atoms with van der Waals surface area (Å²) in [4.78, 5) is 12.6. The van der Waals surface area contributed by atoms with Crippen LogP contribution in [0.25, 0.3) is 0 Å². The van der Waals surface area contributed by atoms with E-state index in [1.807, 2.05) is 19.1 Å². The van der Waals surface area contributed by atoms with Crippen LogP contribution in [-0.2, 0) is 4.79 Å². The van der Waals surface area contributed by atoms with E-state index in [0.29, 0.717) is 6.04 Å². The lowest BCUT2D eigenvalue weighted by Gasteiger charge is -2.22. The number of carbonyl (C=O) groups excluding carboxylic acids is 1. The van der Waals surface area contributed by atoms with Crippen LogP contribution in [0.1, 0.15) is 49.8 Å². The van der Waals surface area contributed by atoms with E-state index in [9.17, 15) is 4.79 Å². The molecule has 3 nitrogen and oxygen atoms in total. The van der Waals surface area contributed by atoms with Crippen molar-refractivity contribution >= 4 is 5.91 Å². The van der Waals surface area contributed by atoms with Gasteiger partial charge in [0.05, 0.1) is 0 Å². The van der Waals surface area contributed by atoms with E-state index in [-0.39, 0.29) is 18.0 Å². The number of amides is 1. The first-order valence-corrected chi connectivity index (χ1v) is 8.99. The van der Waals surface area contributed by atoms with E-state index in [1.54, 1.807) is 0 Å². The third kappa shape index (κ3) is 4.24. The van der Waals surface area contributed by atoms with Gasteiger partial charge in [0.2, 0.25) is 0 Å². The maximum atomic E-state index is 12.6. The van der Waals surface area contributed by atoms with Gasteiger partial charge in [0.25, 0.3) is 5.91 Å². The van der Waals surface area contributed by atoms with E-state index < -0.39 is 0 Å². The predicted octanol–water partition coefficient (Wildman–Crippen LogP) is 2.79. The maximum absolute atomic E-state index is 12.6. The Morgan fingerprint density at radius 1 is 0.958 bits per heavy atom. The number of hydrogen-bond acceptors (Lipinski definition) is 1. The van der Waals surface area contributed by atoms with Gasteiger partial charge in [0, 0.05) is 17.2 Å². The highest BCUT2D eigenvalue weighted by atomic mass is 16.2. The van der Waals surface area contributed by atoms with Crippen LogP contribution in [0.5, 0.6) is 0 Å². The van der Waals surface area contributed by atoms with Crippen LogP contribution in [0.4, 0.5) is 0 Å². The lowest BCUT2D eigenvalue weighted by atomic mass is 9.98. The average molecular weight is 323 g/mol. The Kier molecular flexibility index (Phi) is 5.65. The third-order valence-corrected chi connectivity index (χ3v) is 4.91. The first-order chi connectivity index (χ1) is 11.7. The highest BCUT2D eigenvalue weighted by molar-refractivity contribution is 5.80. The molecule has 0 bridgehead atoms. The van der Waals surface area contributed by atoms with Crippen molar-refractivity contribution in [1.82, 2.24) is 5.32 Å². The van der Waals surface area contributed by atoms with Gasteiger partial charge >= 0.3 is 0 Å². The second-order valence-corrected chi connectivity index (χ2v) is 6.77. The molecule has 24 heavy (non-hydrogen) atoms. The molecule has 2 aromatic rings. The van der Waals surface area contributed by atoms with Crippen LogP contribution >= 0.6 is 0 Å². The minimum atomic E-state index is -0.115. The van der Waals surface area contributed by atoms with Crippen LogP contribution in [0.2, 0.25) is 0 Å². The molecule has 126 valence electrons. The summed E-state index contributed by atoms with van der Waals surface area (Å²) in [7, 11) is 0. The van der Waals surface area contributed by atoms with Gasteiger partial charge in [-0.25, -0.2) is 0 Å². The van der Waals surface area contributed by atoms with E-state index in [1.165, 1.54) is 24.0 Å². The maximum Gasteiger partial charge on any atom is 0.278 e. The van der Waals surface area contributed by atoms with Gasteiger partial charge in [-0.2, -0.15) is 0 Å². The first kappa shape index (κ1) is 16.7. The minimum absolute atomic E-state index is 0.115. The fraction of sp³-hybridized carbons (Fsp3) is 0.381. The van der Waals surface area contributed by atoms with Gasteiger partial charge < -0.3 is 10.6 Å². The Hall–Kier alpha value is -2.13. The molecule has 1 aliphatic rings. The summed E-state index contributed by atoms with van der Waals surface area (Å²) < 4.78 is 0. The summed E-state index contributed by atoms with van der Waals surface area (Å²) in [5.74, 6) is 0.152. The molecule has 0 unspecified atom stereocenters. The Morgan fingerprint density at radius 3 is 1.96 bits per heavy atom. The standard InChI is InChI=1S/C21H26N2O/c1-16(21(24)23-19-14-8-9-15-19)22-20(17-10-4-2-5-11-17)18-12-6-3-7-13-18/h2-7,10-13,16,19-20,22H,8-9,14-15H2,1H3,(H,23,24)/p+1/t16-/m1/s1. The summed E-state index contributed by atoms with van der Waals surface area (Å²) in [6, 6.07) is 21.2. The molecule has 0 radical (unpaired) electrons. The molecule has 2 aromatic carbocycles. The smallest absolute Gasteiger partial charge is 0.278 e. The lowest BCUT2D eigenvalue weighted by Crippen LogP contribution is -2.93. The van der Waals surface area contributed by atoms with Gasteiger partial charge in [-0.15, -0.1) is 0 Å². The monoisotopic (exact) mass is 323 g/mol. The van der Waals surface area contributed by atoms with E-state index in [2.05, 4.69) is 59.2 Å². The lowest BCUT2D eigenvalue weighted by molar-refractivity contribution is -0.704. The highest BCUT2D eigenvalue weighted by Gasteiger charge is 2.26. The quantitative estimate of drug-likeness (QED) is 0.843. The van der Waals surface area contributed by atoms with Crippen LogP contribution in [0, 0.1) is 0 Å². The first-order valence-electron chi connectivity index (χ1n) is 8.99. The Balaban J connectivity index is 1.72. The molecule has 1 atom stereocenters. The van der Waals surface area contributed by atoms with E-state index >= 15 is 0 Å². The largest absolute Gasteiger partial charge is 0.348 e. The van der Waals surface area contributed by atoms with Crippen LogP contribution in [0.15, 0.2) is 60.7 Å². The Morgan fingerprint density at radius 2 is 1.46 bits per heavy atom. The molecule has 1 fully saturated rings. The number of nitrogens with one attached hydrogen (secondary N) is 1. The molecule has 0 aromatic heterocycles. The summed E-state index contributed by atoms with van der Waals surface area (Å²) in [5.41, 5.74) is 2.45. The number of benzene rings is 2. The zero-order chi connectivity index (χ0) is 16.8. The van der Waals surface area contributed by atoms with Crippen molar-refractivity contribution in [2.45, 2.75) is 50.7 Å². The molecule has 1 amide bonds. The molecule has 0 aliphatic heterocycles. The topological polar surface area (TPSA) is 45.7 Å². The summed E-state index contributed by atoms with van der Waals surface area (Å²) in [6.45, 7) is 2.00.